The lowest BCUT2D eigenvalue weighted by atomic mass is 10.1. The SMILES string of the molecule is CCNc1cc(C(C)C)nc(-c2cc(Cl)ccc2Br)n1. The van der Waals surface area contributed by atoms with Crippen LogP contribution >= 0.6 is 27.5 Å². The van der Waals surface area contributed by atoms with Crippen molar-refractivity contribution >= 4 is 33.3 Å². The maximum Gasteiger partial charge on any atom is 0.162 e. The van der Waals surface area contributed by atoms with E-state index in [1.807, 2.05) is 31.2 Å². The van der Waals surface area contributed by atoms with Crippen LogP contribution < -0.4 is 5.32 Å². The maximum atomic E-state index is 6.08. The third-order valence-electron chi connectivity index (χ3n) is 2.86. The number of rotatable bonds is 4. The molecule has 1 N–H and O–H groups in total. The number of nitrogens with one attached hydrogen (secondary N) is 1. The Balaban J connectivity index is 2.57. The lowest BCUT2D eigenvalue weighted by Crippen LogP contribution is -2.05. The zero-order valence-electron chi connectivity index (χ0n) is 11.7. The van der Waals surface area contributed by atoms with Crippen molar-refractivity contribution in [2.24, 2.45) is 0 Å². The molecule has 0 bridgehead atoms. The molecule has 1 heterocycles. The summed E-state index contributed by atoms with van der Waals surface area (Å²) in [5, 5.41) is 3.92. The molecular weight excluding hydrogens is 338 g/mol. The van der Waals surface area contributed by atoms with Crippen molar-refractivity contribution in [1.29, 1.82) is 0 Å². The van der Waals surface area contributed by atoms with Gasteiger partial charge in [0.2, 0.25) is 0 Å². The number of benzene rings is 1. The molecule has 0 atom stereocenters. The molecule has 0 saturated carbocycles. The van der Waals surface area contributed by atoms with Crippen LogP contribution in [0.5, 0.6) is 0 Å². The summed E-state index contributed by atoms with van der Waals surface area (Å²) >= 11 is 9.61. The van der Waals surface area contributed by atoms with Crippen LogP contribution in [0.2, 0.25) is 5.02 Å². The highest BCUT2D eigenvalue weighted by Crippen LogP contribution is 2.30. The Morgan fingerprint density at radius 2 is 2.00 bits per heavy atom. The van der Waals surface area contributed by atoms with Gasteiger partial charge in [0.1, 0.15) is 5.82 Å². The molecule has 2 aromatic rings. The van der Waals surface area contributed by atoms with Crippen LogP contribution in [-0.2, 0) is 0 Å². The van der Waals surface area contributed by atoms with Crippen LogP contribution in [0.15, 0.2) is 28.7 Å². The monoisotopic (exact) mass is 353 g/mol. The summed E-state index contributed by atoms with van der Waals surface area (Å²) in [5.74, 6) is 1.86. The molecule has 0 amide bonds. The Kier molecular flexibility index (Phi) is 5.00. The summed E-state index contributed by atoms with van der Waals surface area (Å²) in [7, 11) is 0. The predicted molar refractivity (Wildman–Crippen MR) is 88.4 cm³/mol. The van der Waals surface area contributed by atoms with Gasteiger partial charge in [-0.1, -0.05) is 41.4 Å². The van der Waals surface area contributed by atoms with E-state index in [0.717, 1.165) is 28.1 Å². The summed E-state index contributed by atoms with van der Waals surface area (Å²) in [6.07, 6.45) is 0. The summed E-state index contributed by atoms with van der Waals surface area (Å²) in [5.41, 5.74) is 1.91. The Morgan fingerprint density at radius 1 is 1.25 bits per heavy atom. The van der Waals surface area contributed by atoms with Crippen molar-refractivity contribution in [3.8, 4) is 11.4 Å². The zero-order chi connectivity index (χ0) is 14.7. The minimum absolute atomic E-state index is 0.340. The van der Waals surface area contributed by atoms with Crippen LogP contribution in [0, 0.1) is 0 Å². The van der Waals surface area contributed by atoms with Crippen LogP contribution in [0.3, 0.4) is 0 Å². The molecule has 106 valence electrons. The smallest absolute Gasteiger partial charge is 0.162 e. The topological polar surface area (TPSA) is 37.8 Å². The number of halogens is 2. The molecule has 0 fully saturated rings. The average molecular weight is 355 g/mol. The zero-order valence-corrected chi connectivity index (χ0v) is 14.1. The molecule has 5 heteroatoms. The molecular formula is C15H17BrClN3. The largest absolute Gasteiger partial charge is 0.370 e. The third kappa shape index (κ3) is 3.49. The summed E-state index contributed by atoms with van der Waals surface area (Å²) < 4.78 is 0.935. The van der Waals surface area contributed by atoms with E-state index in [-0.39, 0.29) is 0 Å². The number of anilines is 1. The molecule has 0 aliphatic heterocycles. The van der Waals surface area contributed by atoms with Gasteiger partial charge in [-0.15, -0.1) is 0 Å². The molecule has 2 rings (SSSR count). The minimum atomic E-state index is 0.340. The standard InChI is InChI=1S/C15H17BrClN3/c1-4-18-14-8-13(9(2)3)19-15(20-14)11-7-10(17)5-6-12(11)16/h5-9H,4H2,1-3H3,(H,18,19,20). The number of nitrogens with zero attached hydrogens (tertiary/aromatic N) is 2. The van der Waals surface area contributed by atoms with Gasteiger partial charge < -0.3 is 5.32 Å². The number of hydrogen-bond donors (Lipinski definition) is 1. The van der Waals surface area contributed by atoms with E-state index in [1.165, 1.54) is 0 Å². The van der Waals surface area contributed by atoms with E-state index in [9.17, 15) is 0 Å². The Labute approximate surface area is 132 Å². The Bertz CT molecular complexity index is 614. The highest BCUT2D eigenvalue weighted by atomic mass is 79.9. The second kappa shape index (κ2) is 6.55. The van der Waals surface area contributed by atoms with Crippen molar-refractivity contribution in [2.45, 2.75) is 26.7 Å². The van der Waals surface area contributed by atoms with Gasteiger partial charge in [-0.2, -0.15) is 0 Å². The van der Waals surface area contributed by atoms with Gasteiger partial charge in [-0.25, -0.2) is 9.97 Å². The fourth-order valence-corrected chi connectivity index (χ4v) is 2.42. The van der Waals surface area contributed by atoms with Crippen LogP contribution in [0.1, 0.15) is 32.4 Å². The molecule has 3 nitrogen and oxygen atoms in total. The lowest BCUT2D eigenvalue weighted by molar-refractivity contribution is 0.817. The van der Waals surface area contributed by atoms with Crippen molar-refractivity contribution in [1.82, 2.24) is 9.97 Å². The quantitative estimate of drug-likeness (QED) is 0.828. The third-order valence-corrected chi connectivity index (χ3v) is 3.79. The predicted octanol–water partition coefficient (Wildman–Crippen LogP) is 5.11. The van der Waals surface area contributed by atoms with Crippen molar-refractivity contribution in [3.63, 3.8) is 0 Å². The molecule has 0 aliphatic rings. The van der Waals surface area contributed by atoms with Crippen LogP contribution in [0.25, 0.3) is 11.4 Å². The van der Waals surface area contributed by atoms with Crippen molar-refractivity contribution < 1.29 is 0 Å². The van der Waals surface area contributed by atoms with E-state index in [2.05, 4.69) is 45.1 Å². The molecule has 1 aromatic heterocycles. The lowest BCUT2D eigenvalue weighted by Gasteiger charge is -2.12. The molecule has 0 saturated heterocycles. The Hall–Kier alpha value is -1.13. The van der Waals surface area contributed by atoms with E-state index < -0.39 is 0 Å². The van der Waals surface area contributed by atoms with Gasteiger partial charge >= 0.3 is 0 Å². The molecule has 0 radical (unpaired) electrons. The van der Waals surface area contributed by atoms with E-state index in [0.29, 0.717) is 16.8 Å². The molecule has 20 heavy (non-hydrogen) atoms. The number of aromatic nitrogens is 2. The first-order valence-electron chi connectivity index (χ1n) is 6.59. The van der Waals surface area contributed by atoms with E-state index in [1.54, 1.807) is 0 Å². The average Bonchev–Trinajstić information content (AvgIpc) is 2.41. The van der Waals surface area contributed by atoms with Gasteiger partial charge in [-0.05, 0) is 31.0 Å². The summed E-state index contributed by atoms with van der Waals surface area (Å²) in [4.78, 5) is 9.21. The second-order valence-corrected chi connectivity index (χ2v) is 6.10. The highest BCUT2D eigenvalue weighted by molar-refractivity contribution is 9.10. The molecule has 0 unspecified atom stereocenters. The number of hydrogen-bond acceptors (Lipinski definition) is 3. The second-order valence-electron chi connectivity index (χ2n) is 4.81. The first-order chi connectivity index (χ1) is 9.51. The molecule has 1 aromatic carbocycles. The van der Waals surface area contributed by atoms with Crippen molar-refractivity contribution in [2.75, 3.05) is 11.9 Å². The summed E-state index contributed by atoms with van der Waals surface area (Å²) in [6.45, 7) is 7.11. The van der Waals surface area contributed by atoms with Gasteiger partial charge in [0.15, 0.2) is 5.82 Å². The van der Waals surface area contributed by atoms with Crippen LogP contribution in [0.4, 0.5) is 5.82 Å². The molecule has 0 aliphatic carbocycles. The van der Waals surface area contributed by atoms with Crippen LogP contribution in [-0.4, -0.2) is 16.5 Å². The highest BCUT2D eigenvalue weighted by Gasteiger charge is 2.12. The molecule has 0 spiro atoms. The first-order valence-corrected chi connectivity index (χ1v) is 7.76. The Morgan fingerprint density at radius 3 is 2.65 bits per heavy atom. The van der Waals surface area contributed by atoms with Gasteiger partial charge in [-0.3, -0.25) is 0 Å². The fourth-order valence-electron chi connectivity index (χ4n) is 1.82. The first kappa shape index (κ1) is 15.3. The van der Waals surface area contributed by atoms with E-state index >= 15 is 0 Å². The normalized spacial score (nSPS) is 10.9. The van der Waals surface area contributed by atoms with Gasteiger partial charge in [0.05, 0.1) is 0 Å². The van der Waals surface area contributed by atoms with E-state index in [4.69, 9.17) is 11.6 Å². The maximum absolute atomic E-state index is 6.08. The fraction of sp³-hybridized carbons (Fsp3) is 0.333. The summed E-state index contributed by atoms with van der Waals surface area (Å²) in [6, 6.07) is 7.62. The van der Waals surface area contributed by atoms with Gasteiger partial charge in [0, 0.05) is 33.4 Å². The van der Waals surface area contributed by atoms with Crippen molar-refractivity contribution in [3.05, 3.63) is 39.5 Å². The van der Waals surface area contributed by atoms with Gasteiger partial charge in [0.25, 0.3) is 0 Å². The minimum Gasteiger partial charge on any atom is -0.370 e.